The lowest BCUT2D eigenvalue weighted by atomic mass is 10.1. The van der Waals surface area contributed by atoms with Gasteiger partial charge in [0.25, 0.3) is 5.56 Å². The molecule has 21 heavy (non-hydrogen) atoms. The number of ether oxygens (including phenoxy) is 2. The zero-order valence-electron chi connectivity index (χ0n) is 12.4. The molecule has 0 atom stereocenters. The van der Waals surface area contributed by atoms with Crippen molar-refractivity contribution >= 4 is 15.9 Å². The minimum atomic E-state index is -0.196. The van der Waals surface area contributed by atoms with Gasteiger partial charge < -0.3 is 14.5 Å². The fourth-order valence-corrected chi connectivity index (χ4v) is 2.62. The second-order valence-electron chi connectivity index (χ2n) is 4.84. The maximum absolute atomic E-state index is 12.0. The summed E-state index contributed by atoms with van der Waals surface area (Å²) in [6.07, 6.45) is 0. The first kappa shape index (κ1) is 15.6. The first-order valence-corrected chi connectivity index (χ1v) is 7.29. The summed E-state index contributed by atoms with van der Waals surface area (Å²) in [4.78, 5) is 19.3. The SMILES string of the molecule is COc1ccc(-c2nc(C(C)C)c(Br)c(=O)[nH]2)cc1OC. The van der Waals surface area contributed by atoms with Gasteiger partial charge in [0.05, 0.1) is 19.9 Å². The Morgan fingerprint density at radius 1 is 1.19 bits per heavy atom. The number of nitrogens with one attached hydrogen (secondary N) is 1. The first-order chi connectivity index (χ1) is 9.97. The minimum absolute atomic E-state index is 0.139. The number of hydrogen-bond acceptors (Lipinski definition) is 4. The highest BCUT2D eigenvalue weighted by atomic mass is 79.9. The van der Waals surface area contributed by atoms with Gasteiger partial charge in [-0.25, -0.2) is 4.98 Å². The minimum Gasteiger partial charge on any atom is -0.493 e. The number of aromatic amines is 1. The third kappa shape index (κ3) is 3.10. The Bertz CT molecular complexity index is 711. The van der Waals surface area contributed by atoms with Crippen LogP contribution in [-0.4, -0.2) is 24.2 Å². The fourth-order valence-electron chi connectivity index (χ4n) is 1.98. The Morgan fingerprint density at radius 2 is 1.86 bits per heavy atom. The van der Waals surface area contributed by atoms with Crippen LogP contribution in [-0.2, 0) is 0 Å². The Balaban J connectivity index is 2.59. The number of hydrogen-bond donors (Lipinski definition) is 1. The molecule has 1 heterocycles. The van der Waals surface area contributed by atoms with Gasteiger partial charge >= 0.3 is 0 Å². The lowest BCUT2D eigenvalue weighted by molar-refractivity contribution is 0.355. The Labute approximate surface area is 131 Å². The van der Waals surface area contributed by atoms with E-state index in [1.54, 1.807) is 26.4 Å². The number of nitrogens with zero attached hydrogens (tertiary/aromatic N) is 1. The van der Waals surface area contributed by atoms with Crippen molar-refractivity contribution in [3.05, 3.63) is 38.7 Å². The maximum atomic E-state index is 12.0. The highest BCUT2D eigenvalue weighted by Crippen LogP contribution is 2.31. The molecule has 0 fully saturated rings. The summed E-state index contributed by atoms with van der Waals surface area (Å²) in [7, 11) is 3.15. The van der Waals surface area contributed by atoms with Crippen LogP contribution in [0.1, 0.15) is 25.5 Å². The average Bonchev–Trinajstić information content (AvgIpc) is 2.48. The predicted octanol–water partition coefficient (Wildman–Crippen LogP) is 3.34. The fraction of sp³-hybridized carbons (Fsp3) is 0.333. The van der Waals surface area contributed by atoms with Crippen LogP contribution in [0.15, 0.2) is 27.5 Å². The normalized spacial score (nSPS) is 10.8. The van der Waals surface area contributed by atoms with Crippen LogP contribution < -0.4 is 15.0 Å². The van der Waals surface area contributed by atoms with E-state index in [9.17, 15) is 4.79 Å². The molecule has 0 spiro atoms. The van der Waals surface area contributed by atoms with Crippen LogP contribution in [0.4, 0.5) is 0 Å². The molecule has 1 N–H and O–H groups in total. The molecule has 1 aromatic carbocycles. The molecule has 6 heteroatoms. The number of H-pyrrole nitrogens is 1. The van der Waals surface area contributed by atoms with Crippen molar-refractivity contribution in [2.24, 2.45) is 0 Å². The first-order valence-electron chi connectivity index (χ1n) is 6.50. The molecule has 0 aliphatic heterocycles. The molecule has 112 valence electrons. The van der Waals surface area contributed by atoms with Crippen LogP contribution in [0, 0.1) is 0 Å². The monoisotopic (exact) mass is 352 g/mol. The second-order valence-corrected chi connectivity index (χ2v) is 5.63. The molecule has 5 nitrogen and oxygen atoms in total. The van der Waals surface area contributed by atoms with Crippen molar-refractivity contribution in [1.29, 1.82) is 0 Å². The average molecular weight is 353 g/mol. The molecule has 0 radical (unpaired) electrons. The van der Waals surface area contributed by atoms with Crippen LogP contribution in [0.2, 0.25) is 0 Å². The lowest BCUT2D eigenvalue weighted by Gasteiger charge is -2.11. The van der Waals surface area contributed by atoms with Crippen LogP contribution in [0.5, 0.6) is 11.5 Å². The molecule has 0 saturated carbocycles. The number of halogens is 1. The highest BCUT2D eigenvalue weighted by Gasteiger charge is 2.14. The predicted molar refractivity (Wildman–Crippen MR) is 85.2 cm³/mol. The summed E-state index contributed by atoms with van der Waals surface area (Å²) in [5, 5.41) is 0. The Morgan fingerprint density at radius 3 is 2.43 bits per heavy atom. The number of benzene rings is 1. The van der Waals surface area contributed by atoms with Crippen LogP contribution in [0.3, 0.4) is 0 Å². The van der Waals surface area contributed by atoms with Gasteiger partial charge in [-0.2, -0.15) is 0 Å². The Hall–Kier alpha value is -1.82. The van der Waals surface area contributed by atoms with E-state index in [4.69, 9.17) is 9.47 Å². The van der Waals surface area contributed by atoms with E-state index in [1.165, 1.54) is 0 Å². The van der Waals surface area contributed by atoms with Crippen molar-refractivity contribution < 1.29 is 9.47 Å². The molecular weight excluding hydrogens is 336 g/mol. The molecule has 0 amide bonds. The van der Waals surface area contributed by atoms with E-state index < -0.39 is 0 Å². The molecule has 0 aliphatic carbocycles. The highest BCUT2D eigenvalue weighted by molar-refractivity contribution is 9.10. The molecule has 0 bridgehead atoms. The molecular formula is C15H17BrN2O3. The van der Waals surface area contributed by atoms with Gasteiger partial charge in [0.1, 0.15) is 10.3 Å². The van der Waals surface area contributed by atoms with Crippen LogP contribution in [0.25, 0.3) is 11.4 Å². The van der Waals surface area contributed by atoms with Gasteiger partial charge in [0.15, 0.2) is 11.5 Å². The summed E-state index contributed by atoms with van der Waals surface area (Å²) >= 11 is 3.29. The molecule has 0 unspecified atom stereocenters. The Kier molecular flexibility index (Phi) is 4.67. The molecule has 2 rings (SSSR count). The van der Waals surface area contributed by atoms with Crippen molar-refractivity contribution in [3.8, 4) is 22.9 Å². The zero-order chi connectivity index (χ0) is 15.6. The van der Waals surface area contributed by atoms with E-state index >= 15 is 0 Å². The van der Waals surface area contributed by atoms with Gasteiger partial charge in [0, 0.05) is 5.56 Å². The standard InChI is InChI=1S/C15H17BrN2O3/c1-8(2)13-12(16)15(19)18-14(17-13)9-5-6-10(20-3)11(7-9)21-4/h5-8H,1-4H3,(H,17,18,19). The summed E-state index contributed by atoms with van der Waals surface area (Å²) in [5.74, 6) is 1.87. The summed E-state index contributed by atoms with van der Waals surface area (Å²) in [6, 6.07) is 5.40. The van der Waals surface area contributed by atoms with Crippen LogP contribution >= 0.6 is 15.9 Å². The van der Waals surface area contributed by atoms with Crippen molar-refractivity contribution in [1.82, 2.24) is 9.97 Å². The van der Waals surface area contributed by atoms with E-state index in [1.807, 2.05) is 19.9 Å². The quantitative estimate of drug-likeness (QED) is 0.916. The van der Waals surface area contributed by atoms with Crippen molar-refractivity contribution in [2.75, 3.05) is 14.2 Å². The van der Waals surface area contributed by atoms with Gasteiger partial charge in [0.2, 0.25) is 0 Å². The number of methoxy groups -OCH3 is 2. The molecule has 0 saturated heterocycles. The van der Waals surface area contributed by atoms with Gasteiger partial charge in [-0.3, -0.25) is 4.79 Å². The van der Waals surface area contributed by atoms with Gasteiger partial charge in [-0.1, -0.05) is 13.8 Å². The summed E-state index contributed by atoms with van der Waals surface area (Å²) in [5.41, 5.74) is 1.29. The summed E-state index contributed by atoms with van der Waals surface area (Å²) in [6.45, 7) is 3.98. The molecule has 0 aliphatic rings. The largest absolute Gasteiger partial charge is 0.493 e. The van der Waals surface area contributed by atoms with E-state index in [0.29, 0.717) is 21.8 Å². The third-order valence-corrected chi connectivity index (χ3v) is 3.86. The van der Waals surface area contributed by atoms with Gasteiger partial charge in [-0.05, 0) is 40.0 Å². The van der Waals surface area contributed by atoms with Crippen molar-refractivity contribution in [2.45, 2.75) is 19.8 Å². The van der Waals surface area contributed by atoms with E-state index in [2.05, 4.69) is 25.9 Å². The third-order valence-electron chi connectivity index (χ3n) is 3.09. The van der Waals surface area contributed by atoms with Gasteiger partial charge in [-0.15, -0.1) is 0 Å². The topological polar surface area (TPSA) is 64.2 Å². The summed E-state index contributed by atoms with van der Waals surface area (Å²) < 4.78 is 11.0. The van der Waals surface area contributed by atoms with E-state index in [-0.39, 0.29) is 11.5 Å². The lowest BCUT2D eigenvalue weighted by Crippen LogP contribution is -2.14. The zero-order valence-corrected chi connectivity index (χ0v) is 13.9. The van der Waals surface area contributed by atoms with Crippen molar-refractivity contribution in [3.63, 3.8) is 0 Å². The number of aromatic nitrogens is 2. The maximum Gasteiger partial charge on any atom is 0.265 e. The second kappa shape index (κ2) is 6.30. The molecule has 1 aromatic heterocycles. The smallest absolute Gasteiger partial charge is 0.265 e. The number of rotatable bonds is 4. The van der Waals surface area contributed by atoms with E-state index in [0.717, 1.165) is 11.3 Å². The molecule has 2 aromatic rings.